The average Bonchev–Trinajstić information content (AvgIpc) is 2.98. The van der Waals surface area contributed by atoms with Crippen LogP contribution in [0.5, 0.6) is 0 Å². The number of hydrogen-bond donors (Lipinski definition) is 2. The number of carbonyl (C=O) groups excluding carboxylic acids is 2. The Morgan fingerprint density at radius 3 is 2.95 bits per heavy atom. The van der Waals surface area contributed by atoms with E-state index in [1.807, 2.05) is 22.4 Å². The second-order valence-corrected chi connectivity index (χ2v) is 6.54. The molecule has 0 spiro atoms. The molecule has 5 nitrogen and oxygen atoms in total. The van der Waals surface area contributed by atoms with E-state index in [1.165, 1.54) is 6.42 Å². The molecule has 116 valence electrons. The van der Waals surface area contributed by atoms with Crippen LogP contribution in [0.3, 0.4) is 0 Å². The third kappa shape index (κ3) is 4.46. The quantitative estimate of drug-likeness (QED) is 0.897. The summed E-state index contributed by atoms with van der Waals surface area (Å²) in [5.74, 6) is 0.00785. The molecule has 6 heteroatoms. The SMILES string of the molecule is C[C@H](NC(=O)NCc1cccs1)C(=O)N1CCCC[C@@H]1C. The summed E-state index contributed by atoms with van der Waals surface area (Å²) in [4.78, 5) is 27.2. The van der Waals surface area contributed by atoms with Crippen LogP contribution in [0.15, 0.2) is 17.5 Å². The van der Waals surface area contributed by atoms with Crippen molar-refractivity contribution >= 4 is 23.3 Å². The van der Waals surface area contributed by atoms with Crippen molar-refractivity contribution in [3.8, 4) is 0 Å². The van der Waals surface area contributed by atoms with Crippen LogP contribution in [-0.2, 0) is 11.3 Å². The molecular formula is C15H23N3O2S. The van der Waals surface area contributed by atoms with Crippen LogP contribution in [0, 0.1) is 0 Å². The number of nitrogens with one attached hydrogen (secondary N) is 2. The summed E-state index contributed by atoms with van der Waals surface area (Å²) < 4.78 is 0. The number of piperidine rings is 1. The monoisotopic (exact) mass is 309 g/mol. The van der Waals surface area contributed by atoms with Crippen molar-refractivity contribution in [2.24, 2.45) is 0 Å². The van der Waals surface area contributed by atoms with Gasteiger partial charge in [-0.2, -0.15) is 0 Å². The Bertz CT molecular complexity index is 475. The normalized spacial score (nSPS) is 19.9. The van der Waals surface area contributed by atoms with Gasteiger partial charge < -0.3 is 15.5 Å². The Morgan fingerprint density at radius 1 is 1.48 bits per heavy atom. The lowest BCUT2D eigenvalue weighted by molar-refractivity contribution is -0.136. The van der Waals surface area contributed by atoms with E-state index in [1.54, 1.807) is 18.3 Å². The third-order valence-electron chi connectivity index (χ3n) is 3.81. The van der Waals surface area contributed by atoms with Gasteiger partial charge in [0.15, 0.2) is 0 Å². The summed E-state index contributed by atoms with van der Waals surface area (Å²) >= 11 is 1.60. The molecule has 1 aromatic heterocycles. The molecule has 2 rings (SSSR count). The Hall–Kier alpha value is -1.56. The molecule has 0 aromatic carbocycles. The highest BCUT2D eigenvalue weighted by molar-refractivity contribution is 7.09. The number of thiophene rings is 1. The van der Waals surface area contributed by atoms with Crippen molar-refractivity contribution in [1.29, 1.82) is 0 Å². The van der Waals surface area contributed by atoms with Gasteiger partial charge in [-0.3, -0.25) is 4.79 Å². The van der Waals surface area contributed by atoms with Gasteiger partial charge in [-0.25, -0.2) is 4.79 Å². The van der Waals surface area contributed by atoms with E-state index in [0.29, 0.717) is 6.54 Å². The van der Waals surface area contributed by atoms with Crippen LogP contribution in [-0.4, -0.2) is 35.5 Å². The van der Waals surface area contributed by atoms with Gasteiger partial charge >= 0.3 is 6.03 Å². The minimum Gasteiger partial charge on any atom is -0.338 e. The molecular weight excluding hydrogens is 286 g/mol. The fourth-order valence-electron chi connectivity index (χ4n) is 2.56. The Morgan fingerprint density at radius 2 is 2.29 bits per heavy atom. The molecule has 0 bridgehead atoms. The molecule has 1 aromatic rings. The van der Waals surface area contributed by atoms with Crippen LogP contribution >= 0.6 is 11.3 Å². The second-order valence-electron chi connectivity index (χ2n) is 5.50. The van der Waals surface area contributed by atoms with Gasteiger partial charge in [0.05, 0.1) is 6.54 Å². The van der Waals surface area contributed by atoms with Crippen LogP contribution in [0.4, 0.5) is 4.79 Å². The summed E-state index contributed by atoms with van der Waals surface area (Å²) in [5, 5.41) is 7.47. The summed E-state index contributed by atoms with van der Waals surface area (Å²) in [6, 6.07) is 3.39. The molecule has 2 heterocycles. The summed E-state index contributed by atoms with van der Waals surface area (Å²) in [7, 11) is 0. The predicted molar refractivity (Wildman–Crippen MR) is 84.2 cm³/mol. The Kier molecular flexibility index (Phi) is 5.61. The highest BCUT2D eigenvalue weighted by Crippen LogP contribution is 2.17. The maximum Gasteiger partial charge on any atom is 0.315 e. The largest absolute Gasteiger partial charge is 0.338 e. The molecule has 1 saturated heterocycles. The summed E-state index contributed by atoms with van der Waals surface area (Å²) in [6.07, 6.45) is 3.27. The number of likely N-dealkylation sites (tertiary alicyclic amines) is 1. The zero-order chi connectivity index (χ0) is 15.2. The minimum absolute atomic E-state index is 0.00785. The summed E-state index contributed by atoms with van der Waals surface area (Å²) in [6.45, 7) is 5.10. The van der Waals surface area contributed by atoms with Crippen LogP contribution in [0.1, 0.15) is 38.0 Å². The first-order valence-electron chi connectivity index (χ1n) is 7.45. The molecule has 2 N–H and O–H groups in total. The zero-order valence-electron chi connectivity index (χ0n) is 12.6. The fourth-order valence-corrected chi connectivity index (χ4v) is 3.21. The maximum atomic E-state index is 12.4. The molecule has 1 aliphatic rings. The van der Waals surface area contributed by atoms with Crippen molar-refractivity contribution in [2.75, 3.05) is 6.54 Å². The lowest BCUT2D eigenvalue weighted by Gasteiger charge is -2.35. The standard InChI is InChI=1S/C15H23N3O2S/c1-11-6-3-4-8-18(11)14(19)12(2)17-15(20)16-10-13-7-5-9-21-13/h5,7,9,11-12H,3-4,6,8,10H2,1-2H3,(H2,16,17,20)/t11-,12-/m0/s1. The van der Waals surface area contributed by atoms with E-state index in [9.17, 15) is 9.59 Å². The van der Waals surface area contributed by atoms with Gasteiger partial charge in [0.1, 0.15) is 6.04 Å². The van der Waals surface area contributed by atoms with Crippen molar-refractivity contribution in [1.82, 2.24) is 15.5 Å². The third-order valence-corrected chi connectivity index (χ3v) is 4.68. The molecule has 3 amide bonds. The molecule has 1 aliphatic heterocycles. The summed E-state index contributed by atoms with van der Waals surface area (Å²) in [5.41, 5.74) is 0. The van der Waals surface area contributed by atoms with Crippen LogP contribution in [0.2, 0.25) is 0 Å². The molecule has 21 heavy (non-hydrogen) atoms. The van der Waals surface area contributed by atoms with Gasteiger partial charge in [0, 0.05) is 17.5 Å². The number of carbonyl (C=O) groups is 2. The molecule has 2 atom stereocenters. The Balaban J connectivity index is 1.78. The van der Waals surface area contributed by atoms with Gasteiger partial charge in [-0.05, 0) is 44.6 Å². The van der Waals surface area contributed by atoms with Gasteiger partial charge in [0.2, 0.25) is 5.91 Å². The zero-order valence-corrected chi connectivity index (χ0v) is 13.4. The first kappa shape index (κ1) is 15.8. The second kappa shape index (κ2) is 7.45. The van der Waals surface area contributed by atoms with E-state index >= 15 is 0 Å². The lowest BCUT2D eigenvalue weighted by Crippen LogP contribution is -2.53. The van der Waals surface area contributed by atoms with Crippen LogP contribution in [0.25, 0.3) is 0 Å². The van der Waals surface area contributed by atoms with Crippen molar-refractivity contribution < 1.29 is 9.59 Å². The number of amides is 3. The molecule has 0 radical (unpaired) electrons. The Labute approximate surface area is 129 Å². The number of hydrogen-bond acceptors (Lipinski definition) is 3. The number of urea groups is 1. The molecule has 1 fully saturated rings. The van der Waals surface area contributed by atoms with E-state index in [-0.39, 0.29) is 18.0 Å². The van der Waals surface area contributed by atoms with Crippen molar-refractivity contribution in [3.63, 3.8) is 0 Å². The van der Waals surface area contributed by atoms with Gasteiger partial charge in [-0.1, -0.05) is 6.07 Å². The van der Waals surface area contributed by atoms with E-state index in [2.05, 4.69) is 17.6 Å². The van der Waals surface area contributed by atoms with E-state index in [0.717, 1.165) is 24.3 Å². The van der Waals surface area contributed by atoms with Crippen molar-refractivity contribution in [2.45, 2.75) is 51.7 Å². The minimum atomic E-state index is -0.492. The van der Waals surface area contributed by atoms with Crippen LogP contribution < -0.4 is 10.6 Å². The highest BCUT2D eigenvalue weighted by Gasteiger charge is 2.27. The maximum absolute atomic E-state index is 12.4. The first-order valence-corrected chi connectivity index (χ1v) is 8.33. The highest BCUT2D eigenvalue weighted by atomic mass is 32.1. The van der Waals surface area contributed by atoms with E-state index in [4.69, 9.17) is 0 Å². The average molecular weight is 309 g/mol. The number of rotatable bonds is 4. The van der Waals surface area contributed by atoms with Gasteiger partial charge in [0.25, 0.3) is 0 Å². The molecule has 0 saturated carbocycles. The lowest BCUT2D eigenvalue weighted by atomic mass is 10.0. The molecule has 0 aliphatic carbocycles. The first-order chi connectivity index (χ1) is 10.1. The van der Waals surface area contributed by atoms with E-state index < -0.39 is 6.04 Å². The molecule has 0 unspecified atom stereocenters. The fraction of sp³-hybridized carbons (Fsp3) is 0.600. The van der Waals surface area contributed by atoms with Crippen molar-refractivity contribution in [3.05, 3.63) is 22.4 Å². The topological polar surface area (TPSA) is 61.4 Å². The number of nitrogens with zero attached hydrogens (tertiary/aromatic N) is 1. The smallest absolute Gasteiger partial charge is 0.315 e. The predicted octanol–water partition coefficient (Wildman–Crippen LogP) is 2.34. The van der Waals surface area contributed by atoms with Gasteiger partial charge in [-0.15, -0.1) is 11.3 Å².